The molecule has 0 aliphatic carbocycles. The molecule has 0 atom stereocenters. The van der Waals surface area contributed by atoms with Crippen molar-refractivity contribution in [2.75, 3.05) is 32.8 Å². The van der Waals surface area contributed by atoms with Gasteiger partial charge in [0.2, 0.25) is 10.0 Å². The molecular weight excluding hydrogens is 390 g/mol. The number of hydrogen-bond donors (Lipinski definition) is 0. The van der Waals surface area contributed by atoms with E-state index < -0.39 is 21.7 Å². The highest BCUT2D eigenvalue weighted by Crippen LogP contribution is 2.23. The van der Waals surface area contributed by atoms with Crippen LogP contribution in [0.3, 0.4) is 0 Å². The molecule has 0 saturated carbocycles. The van der Waals surface area contributed by atoms with Crippen molar-refractivity contribution in [3.8, 4) is 5.75 Å². The molecule has 9 heteroatoms. The van der Waals surface area contributed by atoms with E-state index in [1.54, 1.807) is 29.2 Å². The fourth-order valence-electron chi connectivity index (χ4n) is 3.01. The monoisotopic (exact) mass is 410 g/mol. The third-order valence-corrected chi connectivity index (χ3v) is 6.37. The lowest BCUT2D eigenvalue weighted by Crippen LogP contribution is -2.50. The summed E-state index contributed by atoms with van der Waals surface area (Å²) in [5.74, 6) is -2.09. The van der Waals surface area contributed by atoms with Crippen LogP contribution in [0.5, 0.6) is 5.75 Å². The van der Waals surface area contributed by atoms with E-state index in [0.29, 0.717) is 24.0 Å². The minimum absolute atomic E-state index is 0.0594. The zero-order chi connectivity index (χ0) is 20.3. The fourth-order valence-corrected chi connectivity index (χ4v) is 4.45. The minimum atomic E-state index is -3.97. The number of nitrogens with zero attached hydrogens (tertiary/aromatic N) is 2. The van der Waals surface area contributed by atoms with Crippen molar-refractivity contribution in [2.24, 2.45) is 0 Å². The lowest BCUT2D eigenvalue weighted by molar-refractivity contribution is 0.0693. The third-order valence-electron chi connectivity index (χ3n) is 4.47. The van der Waals surface area contributed by atoms with Crippen LogP contribution in [0, 0.1) is 11.6 Å². The first-order valence-corrected chi connectivity index (χ1v) is 10.2. The SMILES string of the molecule is CCOc1ccccc1C(=O)N1CCN(S(=O)(=O)c2ccc(F)c(F)c2)CC1. The van der Waals surface area contributed by atoms with Crippen LogP contribution in [-0.4, -0.2) is 56.3 Å². The highest BCUT2D eigenvalue weighted by Gasteiger charge is 2.31. The molecule has 1 heterocycles. The van der Waals surface area contributed by atoms with Gasteiger partial charge in [-0.15, -0.1) is 0 Å². The molecule has 2 aromatic rings. The number of amides is 1. The molecule has 1 saturated heterocycles. The minimum Gasteiger partial charge on any atom is -0.493 e. The second-order valence-electron chi connectivity index (χ2n) is 6.20. The quantitative estimate of drug-likeness (QED) is 0.760. The van der Waals surface area contributed by atoms with Gasteiger partial charge in [-0.2, -0.15) is 4.31 Å². The Hall–Kier alpha value is -2.52. The van der Waals surface area contributed by atoms with Gasteiger partial charge in [-0.05, 0) is 37.3 Å². The summed E-state index contributed by atoms with van der Waals surface area (Å²) < 4.78 is 58.4. The Morgan fingerprint density at radius 3 is 2.36 bits per heavy atom. The van der Waals surface area contributed by atoms with E-state index in [9.17, 15) is 22.0 Å². The molecule has 0 N–H and O–H groups in total. The largest absolute Gasteiger partial charge is 0.493 e. The molecule has 2 aromatic carbocycles. The lowest BCUT2D eigenvalue weighted by atomic mass is 10.1. The first-order valence-electron chi connectivity index (χ1n) is 8.81. The first-order chi connectivity index (χ1) is 13.3. The van der Waals surface area contributed by atoms with Gasteiger partial charge in [-0.25, -0.2) is 17.2 Å². The average molecular weight is 410 g/mol. The standard InChI is InChI=1S/C19H20F2N2O4S/c1-2-27-18-6-4-3-5-15(18)19(24)22-9-11-23(12-10-22)28(25,26)14-7-8-16(20)17(21)13-14/h3-8,13H,2,9-12H2,1H3. The number of piperazine rings is 1. The number of para-hydroxylation sites is 1. The summed E-state index contributed by atoms with van der Waals surface area (Å²) in [4.78, 5) is 14.0. The average Bonchev–Trinajstić information content (AvgIpc) is 2.70. The molecule has 1 aliphatic heterocycles. The van der Waals surface area contributed by atoms with E-state index in [1.165, 1.54) is 0 Å². The second-order valence-corrected chi connectivity index (χ2v) is 8.14. The molecule has 0 aromatic heterocycles. The van der Waals surface area contributed by atoms with E-state index in [1.807, 2.05) is 6.92 Å². The Morgan fingerprint density at radius 1 is 1.04 bits per heavy atom. The summed E-state index contributed by atoms with van der Waals surface area (Å²) in [6.45, 7) is 2.73. The molecule has 0 radical (unpaired) electrons. The van der Waals surface area contributed by atoms with E-state index in [-0.39, 0.29) is 37.0 Å². The van der Waals surface area contributed by atoms with Crippen LogP contribution in [0.25, 0.3) is 0 Å². The molecule has 1 fully saturated rings. The molecule has 0 bridgehead atoms. The van der Waals surface area contributed by atoms with Crippen molar-refractivity contribution in [3.63, 3.8) is 0 Å². The number of carbonyl (C=O) groups excluding carboxylic acids is 1. The van der Waals surface area contributed by atoms with Crippen molar-refractivity contribution < 1.29 is 26.7 Å². The molecule has 0 unspecified atom stereocenters. The molecule has 150 valence electrons. The molecular formula is C19H20F2N2O4S. The zero-order valence-corrected chi connectivity index (χ0v) is 16.1. The maximum atomic E-state index is 13.4. The number of benzene rings is 2. The summed E-state index contributed by atoms with van der Waals surface area (Å²) in [7, 11) is -3.97. The van der Waals surface area contributed by atoms with Crippen LogP contribution in [-0.2, 0) is 10.0 Å². The highest BCUT2D eigenvalue weighted by atomic mass is 32.2. The van der Waals surface area contributed by atoms with Gasteiger partial charge in [-0.1, -0.05) is 12.1 Å². The number of carbonyl (C=O) groups is 1. The topological polar surface area (TPSA) is 66.9 Å². The van der Waals surface area contributed by atoms with Gasteiger partial charge in [0.1, 0.15) is 5.75 Å². The van der Waals surface area contributed by atoms with Crippen LogP contribution < -0.4 is 4.74 Å². The maximum Gasteiger partial charge on any atom is 0.257 e. The van der Waals surface area contributed by atoms with Crippen LogP contribution in [0.15, 0.2) is 47.4 Å². The van der Waals surface area contributed by atoms with Gasteiger partial charge in [0.05, 0.1) is 17.1 Å². The molecule has 28 heavy (non-hydrogen) atoms. The van der Waals surface area contributed by atoms with Crippen LogP contribution in [0.2, 0.25) is 0 Å². The molecule has 3 rings (SSSR count). The van der Waals surface area contributed by atoms with Crippen LogP contribution in [0.1, 0.15) is 17.3 Å². The molecule has 0 spiro atoms. The normalized spacial score (nSPS) is 15.5. The first kappa shape index (κ1) is 20.2. The summed E-state index contributed by atoms with van der Waals surface area (Å²) in [6, 6.07) is 9.36. The summed E-state index contributed by atoms with van der Waals surface area (Å²) in [5.41, 5.74) is 0.418. The summed E-state index contributed by atoms with van der Waals surface area (Å²) >= 11 is 0. The number of hydrogen-bond acceptors (Lipinski definition) is 4. The smallest absolute Gasteiger partial charge is 0.257 e. The Morgan fingerprint density at radius 2 is 1.71 bits per heavy atom. The van der Waals surface area contributed by atoms with Gasteiger partial charge < -0.3 is 9.64 Å². The van der Waals surface area contributed by atoms with Crippen molar-refractivity contribution in [3.05, 3.63) is 59.7 Å². The molecule has 1 aliphatic rings. The predicted octanol–water partition coefficient (Wildman–Crippen LogP) is 2.51. The van der Waals surface area contributed by atoms with Crippen molar-refractivity contribution >= 4 is 15.9 Å². The Labute approximate surface area is 162 Å². The summed E-state index contributed by atoms with van der Waals surface area (Å²) in [5, 5.41) is 0. The Kier molecular flexibility index (Phi) is 5.95. The van der Waals surface area contributed by atoms with E-state index in [0.717, 1.165) is 16.4 Å². The van der Waals surface area contributed by atoms with Crippen LogP contribution >= 0.6 is 0 Å². The number of halogens is 2. The molecule has 1 amide bonds. The van der Waals surface area contributed by atoms with E-state index in [4.69, 9.17) is 4.74 Å². The van der Waals surface area contributed by atoms with Crippen molar-refractivity contribution in [2.45, 2.75) is 11.8 Å². The zero-order valence-electron chi connectivity index (χ0n) is 15.3. The Bertz CT molecular complexity index is 974. The molecule has 6 nitrogen and oxygen atoms in total. The number of rotatable bonds is 5. The highest BCUT2D eigenvalue weighted by molar-refractivity contribution is 7.89. The fraction of sp³-hybridized carbons (Fsp3) is 0.316. The van der Waals surface area contributed by atoms with E-state index in [2.05, 4.69) is 0 Å². The van der Waals surface area contributed by atoms with Gasteiger partial charge in [0.25, 0.3) is 5.91 Å². The van der Waals surface area contributed by atoms with E-state index >= 15 is 0 Å². The van der Waals surface area contributed by atoms with Crippen LogP contribution in [0.4, 0.5) is 8.78 Å². The van der Waals surface area contributed by atoms with Gasteiger partial charge in [0.15, 0.2) is 11.6 Å². The number of sulfonamides is 1. The summed E-state index contributed by atoms with van der Waals surface area (Å²) in [6.07, 6.45) is 0. The third kappa shape index (κ3) is 4.00. The maximum absolute atomic E-state index is 13.4. The lowest BCUT2D eigenvalue weighted by Gasteiger charge is -2.34. The Balaban J connectivity index is 1.72. The van der Waals surface area contributed by atoms with Gasteiger partial charge in [-0.3, -0.25) is 4.79 Å². The van der Waals surface area contributed by atoms with Gasteiger partial charge in [0, 0.05) is 26.2 Å². The van der Waals surface area contributed by atoms with Crippen molar-refractivity contribution in [1.29, 1.82) is 0 Å². The number of ether oxygens (including phenoxy) is 1. The predicted molar refractivity (Wildman–Crippen MR) is 98.6 cm³/mol. The van der Waals surface area contributed by atoms with Gasteiger partial charge >= 0.3 is 0 Å². The second kappa shape index (κ2) is 8.24. The van der Waals surface area contributed by atoms with Crippen molar-refractivity contribution in [1.82, 2.24) is 9.21 Å².